The van der Waals surface area contributed by atoms with Crippen molar-refractivity contribution < 1.29 is 35.6 Å². The van der Waals surface area contributed by atoms with Crippen molar-refractivity contribution in [2.24, 2.45) is 0 Å². The van der Waals surface area contributed by atoms with Gasteiger partial charge < -0.3 is 16.8 Å². The van der Waals surface area contributed by atoms with Crippen molar-refractivity contribution in [2.45, 2.75) is 19.8 Å². The Kier molecular flexibility index (Phi) is 12.8. The van der Waals surface area contributed by atoms with Gasteiger partial charge in [-0.25, -0.2) is 0 Å². The Balaban J connectivity index is -0.000000422. The SMILES string of the molecule is CCCc1cc2ccccc2[cH-]1.[CH3-].[F-].[F-].[Zr+4]. The second-order valence-corrected chi connectivity index (χ2v) is 3.24. The Labute approximate surface area is 115 Å². The van der Waals surface area contributed by atoms with Gasteiger partial charge in [0.15, 0.2) is 0 Å². The first-order chi connectivity index (χ1) is 5.90. The van der Waals surface area contributed by atoms with Crippen LogP contribution in [0.1, 0.15) is 18.9 Å². The van der Waals surface area contributed by atoms with Gasteiger partial charge in [0.05, 0.1) is 0 Å². The fraction of sp³-hybridized carbons (Fsp3) is 0.231. The van der Waals surface area contributed by atoms with Crippen molar-refractivity contribution in [3.63, 3.8) is 0 Å². The molecular weight excluding hydrogens is 285 g/mol. The van der Waals surface area contributed by atoms with E-state index in [1.807, 2.05) is 0 Å². The van der Waals surface area contributed by atoms with Gasteiger partial charge in [-0.3, -0.25) is 0 Å². The molecule has 0 aliphatic heterocycles. The van der Waals surface area contributed by atoms with Gasteiger partial charge in [-0.2, -0.15) is 6.07 Å². The van der Waals surface area contributed by atoms with Gasteiger partial charge >= 0.3 is 26.2 Å². The summed E-state index contributed by atoms with van der Waals surface area (Å²) in [6.07, 6.45) is 2.44. The number of rotatable bonds is 2. The number of halogens is 2. The van der Waals surface area contributed by atoms with Gasteiger partial charge in [-0.1, -0.05) is 19.4 Å². The van der Waals surface area contributed by atoms with Crippen LogP contribution in [0.3, 0.4) is 0 Å². The molecule has 0 radical (unpaired) electrons. The van der Waals surface area contributed by atoms with Gasteiger partial charge in [0.25, 0.3) is 0 Å². The van der Waals surface area contributed by atoms with Crippen molar-refractivity contribution >= 4 is 10.8 Å². The normalized spacial score (nSPS) is 8.06. The zero-order valence-electron chi connectivity index (χ0n) is 9.63. The second-order valence-electron chi connectivity index (χ2n) is 3.24. The predicted octanol–water partition coefficient (Wildman–Crippen LogP) is -2.03. The van der Waals surface area contributed by atoms with E-state index >= 15 is 0 Å². The molecule has 0 fully saturated rings. The fourth-order valence-corrected chi connectivity index (χ4v) is 1.65. The van der Waals surface area contributed by atoms with E-state index in [0.29, 0.717) is 0 Å². The molecule has 0 spiro atoms. The molecule has 0 unspecified atom stereocenters. The van der Waals surface area contributed by atoms with Crippen LogP contribution in [0.4, 0.5) is 0 Å². The van der Waals surface area contributed by atoms with Crippen LogP contribution >= 0.6 is 0 Å². The second kappa shape index (κ2) is 9.77. The quantitative estimate of drug-likeness (QED) is 0.561. The van der Waals surface area contributed by atoms with E-state index < -0.39 is 0 Å². The molecule has 2 aromatic carbocycles. The topological polar surface area (TPSA) is 0 Å². The standard InChI is InChI=1S/C12H13.CH3.2FH.Zr/c1-2-5-10-8-11-6-3-4-7-12(11)9-10;;;;/h3-4,6-9H,2,5H2,1H3;1H3;2*1H;/q2*-1;;;+4/p-2. The minimum absolute atomic E-state index is 0. The molecule has 16 heavy (non-hydrogen) atoms. The third kappa shape index (κ3) is 4.61. The molecule has 2 aromatic rings. The van der Waals surface area contributed by atoms with E-state index in [1.165, 1.54) is 29.2 Å². The third-order valence-corrected chi connectivity index (χ3v) is 2.22. The van der Waals surface area contributed by atoms with Crippen LogP contribution < -0.4 is 9.41 Å². The molecule has 0 N–H and O–H groups in total. The Morgan fingerprint density at radius 3 is 2.31 bits per heavy atom. The zero-order valence-corrected chi connectivity index (χ0v) is 12.1. The Morgan fingerprint density at radius 2 is 1.75 bits per heavy atom. The summed E-state index contributed by atoms with van der Waals surface area (Å²) in [5.41, 5.74) is 1.47. The minimum atomic E-state index is 0. The van der Waals surface area contributed by atoms with Crippen LogP contribution in [0.2, 0.25) is 0 Å². The molecule has 0 heterocycles. The van der Waals surface area contributed by atoms with E-state index in [4.69, 9.17) is 0 Å². The average molecular weight is 301 g/mol. The van der Waals surface area contributed by atoms with Gasteiger partial charge in [0.2, 0.25) is 0 Å². The number of aryl methyl sites for hydroxylation is 1. The molecule has 86 valence electrons. The fourth-order valence-electron chi connectivity index (χ4n) is 1.65. The minimum Gasteiger partial charge on any atom is -1.00 e. The molecule has 0 amide bonds. The van der Waals surface area contributed by atoms with Crippen molar-refractivity contribution in [1.29, 1.82) is 0 Å². The van der Waals surface area contributed by atoms with Crippen molar-refractivity contribution in [2.75, 3.05) is 0 Å². The molecule has 3 heteroatoms. The van der Waals surface area contributed by atoms with Crippen LogP contribution in [0.15, 0.2) is 36.4 Å². The smallest absolute Gasteiger partial charge is 1.00 e. The van der Waals surface area contributed by atoms with Crippen LogP contribution in [0.5, 0.6) is 0 Å². The van der Waals surface area contributed by atoms with Crippen molar-refractivity contribution in [3.05, 3.63) is 49.4 Å². The summed E-state index contributed by atoms with van der Waals surface area (Å²) in [6.45, 7) is 2.22. The van der Waals surface area contributed by atoms with Crippen LogP contribution in [-0.4, -0.2) is 0 Å². The summed E-state index contributed by atoms with van der Waals surface area (Å²) in [5, 5.41) is 2.75. The van der Waals surface area contributed by atoms with Crippen LogP contribution in [-0.2, 0) is 32.6 Å². The van der Waals surface area contributed by atoms with Gasteiger partial charge in [0.1, 0.15) is 0 Å². The average Bonchev–Trinajstić information content (AvgIpc) is 2.47. The van der Waals surface area contributed by atoms with E-state index in [2.05, 4.69) is 43.3 Å². The number of hydrogen-bond acceptors (Lipinski definition) is 0. The summed E-state index contributed by atoms with van der Waals surface area (Å²) in [6, 6.07) is 13.1. The molecule has 2 rings (SSSR count). The van der Waals surface area contributed by atoms with E-state index in [1.54, 1.807) is 0 Å². The maximum absolute atomic E-state index is 2.29. The Hall–Kier alpha value is -0.427. The van der Waals surface area contributed by atoms with Crippen molar-refractivity contribution in [3.8, 4) is 0 Å². The molecule has 0 atom stereocenters. The maximum atomic E-state index is 2.29. The van der Waals surface area contributed by atoms with Crippen LogP contribution in [0.25, 0.3) is 10.8 Å². The molecule has 0 aromatic heterocycles. The Morgan fingerprint density at radius 1 is 1.12 bits per heavy atom. The first-order valence-corrected chi connectivity index (χ1v) is 4.54. The molecule has 0 aliphatic rings. The molecule has 0 aliphatic carbocycles. The van der Waals surface area contributed by atoms with Crippen molar-refractivity contribution in [1.82, 2.24) is 0 Å². The molecule has 0 bridgehead atoms. The van der Waals surface area contributed by atoms with Gasteiger partial charge in [-0.05, 0) is 6.42 Å². The third-order valence-electron chi connectivity index (χ3n) is 2.22. The largest absolute Gasteiger partial charge is 4.00 e. The zero-order chi connectivity index (χ0) is 8.39. The van der Waals surface area contributed by atoms with Gasteiger partial charge in [0, 0.05) is 0 Å². The summed E-state index contributed by atoms with van der Waals surface area (Å²) < 4.78 is 0. The number of hydrogen-bond donors (Lipinski definition) is 0. The summed E-state index contributed by atoms with van der Waals surface area (Å²) >= 11 is 0. The predicted molar refractivity (Wildman–Crippen MR) is 60.0 cm³/mol. The first-order valence-electron chi connectivity index (χ1n) is 4.54. The number of fused-ring (bicyclic) bond motifs is 1. The molecule has 0 saturated heterocycles. The van der Waals surface area contributed by atoms with E-state index in [0.717, 1.165) is 0 Å². The summed E-state index contributed by atoms with van der Waals surface area (Å²) in [5.74, 6) is 0. The van der Waals surface area contributed by atoms with E-state index in [-0.39, 0.29) is 43.0 Å². The first kappa shape index (κ1) is 20.9. The summed E-state index contributed by atoms with van der Waals surface area (Å²) in [7, 11) is 0. The maximum Gasteiger partial charge on any atom is 4.00 e. The Bertz CT molecular complexity index is 349. The summed E-state index contributed by atoms with van der Waals surface area (Å²) in [4.78, 5) is 0. The number of benzene rings is 1. The molecular formula is C13H16F2Zr. The van der Waals surface area contributed by atoms with Crippen LogP contribution in [0, 0.1) is 7.43 Å². The van der Waals surface area contributed by atoms with E-state index in [9.17, 15) is 0 Å². The molecule has 0 nitrogen and oxygen atoms in total. The van der Waals surface area contributed by atoms with Gasteiger partial charge in [-0.15, -0.1) is 40.6 Å². The molecule has 0 saturated carbocycles. The monoisotopic (exact) mass is 300 g/mol.